The van der Waals surface area contributed by atoms with Gasteiger partial charge in [-0.25, -0.2) is 4.79 Å². The number of benzene rings is 2. The van der Waals surface area contributed by atoms with E-state index in [1.165, 1.54) is 11.1 Å². The molecule has 5 heteroatoms. The van der Waals surface area contributed by atoms with Crippen molar-refractivity contribution in [3.63, 3.8) is 0 Å². The summed E-state index contributed by atoms with van der Waals surface area (Å²) in [6.45, 7) is 1.84. The quantitative estimate of drug-likeness (QED) is 0.826. The summed E-state index contributed by atoms with van der Waals surface area (Å²) in [5.74, 6) is 0. The monoisotopic (exact) mass is 365 g/mol. The summed E-state index contributed by atoms with van der Waals surface area (Å²) < 4.78 is 0. The van der Waals surface area contributed by atoms with Gasteiger partial charge in [0.2, 0.25) is 0 Å². The van der Waals surface area contributed by atoms with E-state index >= 15 is 0 Å². The molecule has 142 valence electrons. The first kappa shape index (κ1) is 18.0. The molecule has 1 saturated heterocycles. The lowest BCUT2D eigenvalue weighted by Crippen LogP contribution is -2.49. The van der Waals surface area contributed by atoms with E-state index in [-0.39, 0.29) is 6.03 Å². The molecular formula is C22H27N3O2. The highest BCUT2D eigenvalue weighted by atomic mass is 16.3. The molecule has 2 fully saturated rings. The Bertz CT molecular complexity index is 718. The Morgan fingerprint density at radius 3 is 2.00 bits per heavy atom. The molecule has 2 amide bonds. The second kappa shape index (κ2) is 7.71. The van der Waals surface area contributed by atoms with Crippen molar-refractivity contribution in [1.29, 1.82) is 0 Å². The maximum absolute atomic E-state index is 12.6. The Morgan fingerprint density at radius 2 is 1.48 bits per heavy atom. The van der Waals surface area contributed by atoms with Crippen LogP contribution in [0, 0.1) is 0 Å². The maximum atomic E-state index is 12.6. The van der Waals surface area contributed by atoms with Crippen molar-refractivity contribution >= 4 is 6.03 Å². The molecule has 2 N–H and O–H groups in total. The number of nitrogens with one attached hydrogen (secondary N) is 1. The number of aliphatic hydroxyl groups is 1. The fourth-order valence-corrected chi connectivity index (χ4v) is 4.34. The average Bonchev–Trinajstić information content (AvgIpc) is 3.24. The van der Waals surface area contributed by atoms with Gasteiger partial charge in [0, 0.05) is 13.1 Å². The molecule has 2 aromatic carbocycles. The van der Waals surface area contributed by atoms with Crippen LogP contribution in [0.2, 0.25) is 0 Å². The first-order valence-corrected chi connectivity index (χ1v) is 9.73. The van der Waals surface area contributed by atoms with E-state index in [1.807, 2.05) is 36.4 Å². The van der Waals surface area contributed by atoms with Crippen molar-refractivity contribution in [3.05, 3.63) is 71.8 Å². The minimum atomic E-state index is -0.762. The minimum absolute atomic E-state index is 0.157. The number of nitrogens with zero attached hydrogens (tertiary/aromatic N) is 2. The van der Waals surface area contributed by atoms with Crippen LogP contribution in [-0.2, 0) is 13.1 Å². The highest BCUT2D eigenvalue weighted by molar-refractivity contribution is 5.78. The Hall–Kier alpha value is -2.37. The Kier molecular flexibility index (Phi) is 5.14. The van der Waals surface area contributed by atoms with Crippen molar-refractivity contribution in [2.75, 3.05) is 6.67 Å². The highest BCUT2D eigenvalue weighted by Gasteiger charge is 2.52. The zero-order valence-corrected chi connectivity index (χ0v) is 15.6. The fourth-order valence-electron chi connectivity index (χ4n) is 4.34. The normalized spacial score (nSPS) is 21.2. The summed E-state index contributed by atoms with van der Waals surface area (Å²) in [4.78, 5) is 16.4. The second-order valence-electron chi connectivity index (χ2n) is 7.74. The third-order valence-corrected chi connectivity index (χ3v) is 5.75. The van der Waals surface area contributed by atoms with Gasteiger partial charge in [-0.1, -0.05) is 73.5 Å². The lowest BCUT2D eigenvalue weighted by molar-refractivity contribution is -0.0228. The molecule has 2 aliphatic rings. The number of hydrogen-bond donors (Lipinski definition) is 2. The van der Waals surface area contributed by atoms with Crippen molar-refractivity contribution in [3.8, 4) is 0 Å². The van der Waals surface area contributed by atoms with Gasteiger partial charge in [0.25, 0.3) is 0 Å². The standard InChI is InChI=1S/C22H27N3O2/c26-20-22(13-7-8-14-22)23-21(27)25(20)17-24(15-18-9-3-1-4-10-18)16-19-11-5-2-6-12-19/h1-6,9-12,20,26H,7-8,13-17H2,(H,23,27). The largest absolute Gasteiger partial charge is 0.371 e. The van der Waals surface area contributed by atoms with E-state index < -0.39 is 11.8 Å². The molecule has 1 heterocycles. The summed E-state index contributed by atoms with van der Waals surface area (Å²) in [7, 11) is 0. The molecule has 4 rings (SSSR count). The number of carbonyl (C=O) groups excluding carboxylic acids is 1. The van der Waals surface area contributed by atoms with Gasteiger partial charge in [-0.05, 0) is 24.0 Å². The van der Waals surface area contributed by atoms with E-state index in [9.17, 15) is 9.90 Å². The van der Waals surface area contributed by atoms with Gasteiger partial charge in [-0.3, -0.25) is 9.80 Å². The molecule has 1 atom stereocenters. The van der Waals surface area contributed by atoms with E-state index in [2.05, 4.69) is 34.5 Å². The second-order valence-corrected chi connectivity index (χ2v) is 7.74. The summed E-state index contributed by atoms with van der Waals surface area (Å²) in [5, 5.41) is 14.0. The first-order valence-electron chi connectivity index (χ1n) is 9.73. The maximum Gasteiger partial charge on any atom is 0.321 e. The molecule has 2 aromatic rings. The number of aliphatic hydroxyl groups excluding tert-OH is 1. The number of urea groups is 1. The van der Waals surface area contributed by atoms with Crippen molar-refractivity contribution < 1.29 is 9.90 Å². The molecule has 1 spiro atoms. The lowest BCUT2D eigenvalue weighted by Gasteiger charge is -2.32. The van der Waals surface area contributed by atoms with E-state index in [0.29, 0.717) is 6.67 Å². The summed E-state index contributed by atoms with van der Waals surface area (Å²) in [5.41, 5.74) is 1.93. The lowest BCUT2D eigenvalue weighted by atomic mass is 9.97. The first-order chi connectivity index (χ1) is 13.2. The smallest absolute Gasteiger partial charge is 0.321 e. The SMILES string of the molecule is O=C1NC2(CCCC2)C(O)N1CN(Cc1ccccc1)Cc1ccccc1. The topological polar surface area (TPSA) is 55.8 Å². The molecule has 0 radical (unpaired) electrons. The molecule has 1 aliphatic carbocycles. The Balaban J connectivity index is 1.52. The van der Waals surface area contributed by atoms with Gasteiger partial charge in [-0.2, -0.15) is 0 Å². The van der Waals surface area contributed by atoms with Crippen LogP contribution in [0.1, 0.15) is 36.8 Å². The average molecular weight is 365 g/mol. The molecule has 0 bridgehead atoms. The van der Waals surface area contributed by atoms with E-state index in [0.717, 1.165) is 38.8 Å². The number of rotatable bonds is 6. The predicted octanol–water partition coefficient (Wildman–Crippen LogP) is 3.30. The van der Waals surface area contributed by atoms with Crippen LogP contribution < -0.4 is 5.32 Å². The van der Waals surface area contributed by atoms with Crippen LogP contribution in [-0.4, -0.2) is 39.4 Å². The van der Waals surface area contributed by atoms with Crippen molar-refractivity contribution in [2.45, 2.75) is 50.5 Å². The van der Waals surface area contributed by atoms with Gasteiger partial charge in [-0.15, -0.1) is 0 Å². The van der Waals surface area contributed by atoms with Crippen LogP contribution >= 0.6 is 0 Å². The van der Waals surface area contributed by atoms with Crippen LogP contribution in [0.4, 0.5) is 4.79 Å². The molecular weight excluding hydrogens is 338 g/mol. The van der Waals surface area contributed by atoms with E-state index in [4.69, 9.17) is 0 Å². The number of carbonyl (C=O) groups is 1. The van der Waals surface area contributed by atoms with Crippen LogP contribution in [0.5, 0.6) is 0 Å². The predicted molar refractivity (Wildman–Crippen MR) is 105 cm³/mol. The number of amides is 2. The third-order valence-electron chi connectivity index (χ3n) is 5.75. The van der Waals surface area contributed by atoms with Gasteiger partial charge >= 0.3 is 6.03 Å². The number of hydrogen-bond acceptors (Lipinski definition) is 3. The summed E-state index contributed by atoms with van der Waals surface area (Å²) in [6, 6.07) is 20.3. The van der Waals surface area contributed by atoms with Crippen LogP contribution in [0.15, 0.2) is 60.7 Å². The van der Waals surface area contributed by atoms with Crippen molar-refractivity contribution in [1.82, 2.24) is 15.1 Å². The van der Waals surface area contributed by atoms with Crippen LogP contribution in [0.3, 0.4) is 0 Å². The van der Waals surface area contributed by atoms with Gasteiger partial charge < -0.3 is 10.4 Å². The third kappa shape index (κ3) is 3.84. The summed E-state index contributed by atoms with van der Waals surface area (Å²) >= 11 is 0. The van der Waals surface area contributed by atoms with Gasteiger partial charge in [0.1, 0.15) is 0 Å². The Labute approximate surface area is 160 Å². The fraction of sp³-hybridized carbons (Fsp3) is 0.409. The molecule has 1 unspecified atom stereocenters. The molecule has 5 nitrogen and oxygen atoms in total. The minimum Gasteiger partial charge on any atom is -0.371 e. The molecule has 1 saturated carbocycles. The zero-order valence-electron chi connectivity index (χ0n) is 15.6. The van der Waals surface area contributed by atoms with Gasteiger partial charge in [0.05, 0.1) is 12.2 Å². The molecule has 1 aliphatic heterocycles. The van der Waals surface area contributed by atoms with Crippen molar-refractivity contribution in [2.24, 2.45) is 0 Å². The highest BCUT2D eigenvalue weighted by Crippen LogP contribution is 2.37. The zero-order chi connectivity index (χ0) is 18.7. The van der Waals surface area contributed by atoms with Gasteiger partial charge in [0.15, 0.2) is 6.23 Å². The van der Waals surface area contributed by atoms with E-state index in [1.54, 1.807) is 4.90 Å². The summed E-state index contributed by atoms with van der Waals surface area (Å²) in [6.07, 6.45) is 3.06. The Morgan fingerprint density at radius 1 is 0.963 bits per heavy atom. The molecule has 27 heavy (non-hydrogen) atoms. The molecule has 0 aromatic heterocycles. The van der Waals surface area contributed by atoms with Crippen LogP contribution in [0.25, 0.3) is 0 Å².